The number of hydrogen-bond acceptors (Lipinski definition) is 3. The number of likely N-dealkylation sites (tertiary alicyclic amines) is 1. The van der Waals surface area contributed by atoms with Gasteiger partial charge in [-0.1, -0.05) is 29.8 Å². The fourth-order valence-electron chi connectivity index (χ4n) is 4.94. The Hall–Kier alpha value is -1.81. The molecule has 1 aromatic rings. The number of amides is 2. The minimum absolute atomic E-state index is 0.000715. The first-order valence-electron chi connectivity index (χ1n) is 8.18. The highest BCUT2D eigenvalue weighted by Gasteiger charge is 2.66. The summed E-state index contributed by atoms with van der Waals surface area (Å²) in [5, 5.41) is 3.78. The summed E-state index contributed by atoms with van der Waals surface area (Å²) in [5.41, 5.74) is 0.817. The van der Waals surface area contributed by atoms with Crippen LogP contribution in [0.1, 0.15) is 6.42 Å². The van der Waals surface area contributed by atoms with E-state index in [1.165, 1.54) is 11.3 Å². The number of nitrogens with zero attached hydrogens (tertiary/aromatic N) is 1. The highest BCUT2D eigenvalue weighted by Crippen LogP contribution is 2.65. The summed E-state index contributed by atoms with van der Waals surface area (Å²) in [6.07, 6.45) is 5.58. The van der Waals surface area contributed by atoms with Crippen LogP contribution in [0.15, 0.2) is 36.4 Å². The van der Waals surface area contributed by atoms with E-state index in [9.17, 15) is 9.59 Å². The Morgan fingerprint density at radius 1 is 1.09 bits per heavy atom. The predicted molar refractivity (Wildman–Crippen MR) is 86.5 cm³/mol. The second-order valence-corrected chi connectivity index (χ2v) is 7.54. The topological polar surface area (TPSA) is 49.4 Å². The molecule has 5 aliphatic rings. The minimum Gasteiger partial charge on any atom is -0.367 e. The van der Waals surface area contributed by atoms with Gasteiger partial charge in [0.1, 0.15) is 0 Å². The van der Waals surface area contributed by atoms with Gasteiger partial charge in [-0.2, -0.15) is 0 Å². The molecule has 6 atom stereocenters. The van der Waals surface area contributed by atoms with Crippen molar-refractivity contribution < 1.29 is 9.59 Å². The lowest BCUT2D eigenvalue weighted by atomic mass is 9.63. The molecule has 23 heavy (non-hydrogen) atoms. The number of anilines is 1. The van der Waals surface area contributed by atoms with Crippen LogP contribution in [0, 0.1) is 35.5 Å². The van der Waals surface area contributed by atoms with Gasteiger partial charge in [0.15, 0.2) is 0 Å². The van der Waals surface area contributed by atoms with Crippen molar-refractivity contribution >= 4 is 29.1 Å². The Labute approximate surface area is 139 Å². The van der Waals surface area contributed by atoms with Crippen LogP contribution in [0.25, 0.3) is 0 Å². The van der Waals surface area contributed by atoms with Crippen molar-refractivity contribution in [3.63, 3.8) is 0 Å². The normalized spacial score (nSPS) is 39.4. The fourth-order valence-corrected chi connectivity index (χ4v) is 5.13. The Balaban J connectivity index is 1.37. The molecule has 1 aliphatic heterocycles. The molecule has 4 nitrogen and oxygen atoms in total. The molecule has 3 fully saturated rings. The first-order valence-corrected chi connectivity index (χ1v) is 8.56. The van der Waals surface area contributed by atoms with Crippen LogP contribution in [0.5, 0.6) is 0 Å². The summed E-state index contributed by atoms with van der Waals surface area (Å²) in [4.78, 5) is 27.0. The van der Waals surface area contributed by atoms with Crippen molar-refractivity contribution in [1.29, 1.82) is 0 Å². The number of nitrogens with one attached hydrogen (secondary N) is 1. The van der Waals surface area contributed by atoms with E-state index < -0.39 is 0 Å². The van der Waals surface area contributed by atoms with E-state index in [-0.39, 0.29) is 42.2 Å². The lowest BCUT2D eigenvalue weighted by molar-refractivity contribution is -0.139. The van der Waals surface area contributed by atoms with Crippen molar-refractivity contribution in [3.8, 4) is 0 Å². The Kier molecular flexibility index (Phi) is 2.72. The summed E-state index contributed by atoms with van der Waals surface area (Å²) < 4.78 is 0. The molecule has 118 valence electrons. The van der Waals surface area contributed by atoms with E-state index >= 15 is 0 Å². The molecule has 1 aromatic carbocycles. The van der Waals surface area contributed by atoms with Gasteiger partial charge in [-0.3, -0.25) is 14.5 Å². The van der Waals surface area contributed by atoms with Gasteiger partial charge in [0.2, 0.25) is 11.8 Å². The fraction of sp³-hybridized carbons (Fsp3) is 0.444. The number of imide groups is 1. The highest BCUT2D eigenvalue weighted by molar-refractivity contribution is 6.30. The largest absolute Gasteiger partial charge is 0.367 e. The van der Waals surface area contributed by atoms with Crippen molar-refractivity contribution in [1.82, 2.24) is 4.90 Å². The van der Waals surface area contributed by atoms with Gasteiger partial charge in [0, 0.05) is 10.7 Å². The van der Waals surface area contributed by atoms with E-state index in [0.29, 0.717) is 16.9 Å². The average Bonchev–Trinajstić information content (AvgIpc) is 3.32. The lowest BCUT2D eigenvalue weighted by Crippen LogP contribution is -2.40. The monoisotopic (exact) mass is 328 g/mol. The molecule has 0 spiro atoms. The zero-order chi connectivity index (χ0) is 15.7. The standard InChI is InChI=1S/C18H17ClN2O2/c19-9-2-1-3-10(6-9)20-8-21-17(22)15-11-4-5-12(14-7-13(11)14)16(15)18(21)23/h1-6,11-16,20H,7-8H2/t11-,12-,13-,14+,15+,16-/m1/s1. The van der Waals surface area contributed by atoms with E-state index in [2.05, 4.69) is 17.5 Å². The predicted octanol–water partition coefficient (Wildman–Crippen LogP) is 2.76. The molecule has 0 aromatic heterocycles. The summed E-state index contributed by atoms with van der Waals surface area (Å²) in [7, 11) is 0. The van der Waals surface area contributed by atoms with Crippen LogP contribution in [-0.2, 0) is 9.59 Å². The zero-order valence-corrected chi connectivity index (χ0v) is 13.2. The first kappa shape index (κ1) is 13.6. The van der Waals surface area contributed by atoms with Crippen LogP contribution in [0.2, 0.25) is 5.02 Å². The van der Waals surface area contributed by atoms with E-state index in [1.54, 1.807) is 12.1 Å². The molecule has 0 radical (unpaired) electrons. The maximum absolute atomic E-state index is 12.8. The Morgan fingerprint density at radius 2 is 1.74 bits per heavy atom. The smallest absolute Gasteiger partial charge is 0.235 e. The second-order valence-electron chi connectivity index (χ2n) is 7.10. The van der Waals surface area contributed by atoms with Gasteiger partial charge < -0.3 is 5.32 Å². The number of halogens is 1. The number of benzene rings is 1. The molecular formula is C18H17ClN2O2. The molecule has 1 saturated heterocycles. The van der Waals surface area contributed by atoms with Crippen LogP contribution in [-0.4, -0.2) is 23.4 Å². The van der Waals surface area contributed by atoms with Crippen LogP contribution in [0.3, 0.4) is 0 Å². The number of hydrogen-bond donors (Lipinski definition) is 1. The van der Waals surface area contributed by atoms with Gasteiger partial charge in [0.25, 0.3) is 0 Å². The van der Waals surface area contributed by atoms with Gasteiger partial charge in [-0.05, 0) is 48.3 Å². The van der Waals surface area contributed by atoms with Gasteiger partial charge in [0.05, 0.1) is 18.5 Å². The molecule has 0 unspecified atom stereocenters. The number of rotatable bonds is 3. The molecular weight excluding hydrogens is 312 g/mol. The third-order valence-electron chi connectivity index (χ3n) is 6.02. The minimum atomic E-state index is -0.123. The molecule has 2 bridgehead atoms. The third-order valence-corrected chi connectivity index (χ3v) is 6.26. The summed E-state index contributed by atoms with van der Waals surface area (Å²) in [5.74, 6) is 1.60. The highest BCUT2D eigenvalue weighted by atomic mass is 35.5. The summed E-state index contributed by atoms with van der Waals surface area (Å²) in [6.45, 7) is 0.222. The number of allylic oxidation sites excluding steroid dienone is 2. The number of carbonyl (C=O) groups excluding carboxylic acids is 2. The van der Waals surface area contributed by atoms with E-state index in [1.807, 2.05) is 12.1 Å². The molecule has 2 amide bonds. The van der Waals surface area contributed by atoms with E-state index in [4.69, 9.17) is 11.6 Å². The van der Waals surface area contributed by atoms with Crippen molar-refractivity contribution in [2.24, 2.45) is 35.5 Å². The molecule has 1 heterocycles. The quantitative estimate of drug-likeness (QED) is 0.685. The molecule has 5 heteroatoms. The van der Waals surface area contributed by atoms with Crippen LogP contribution < -0.4 is 5.32 Å². The maximum atomic E-state index is 12.8. The average molecular weight is 329 g/mol. The van der Waals surface area contributed by atoms with Gasteiger partial charge in [-0.25, -0.2) is 0 Å². The summed E-state index contributed by atoms with van der Waals surface area (Å²) in [6, 6.07) is 7.31. The first-order chi connectivity index (χ1) is 11.1. The van der Waals surface area contributed by atoms with Crippen LogP contribution >= 0.6 is 11.6 Å². The second kappa shape index (κ2) is 4.60. The van der Waals surface area contributed by atoms with Crippen molar-refractivity contribution in [3.05, 3.63) is 41.4 Å². The Bertz CT molecular complexity index is 710. The Morgan fingerprint density at radius 3 is 2.35 bits per heavy atom. The maximum Gasteiger partial charge on any atom is 0.235 e. The zero-order valence-electron chi connectivity index (χ0n) is 12.5. The molecule has 6 rings (SSSR count). The number of carbonyl (C=O) groups is 2. The SMILES string of the molecule is O=C1[C@@H]2[C@@H]3C=C[C@H]([C@H]4C[C@@H]34)[C@@H]2C(=O)N1CNc1cccc(Cl)c1. The van der Waals surface area contributed by atoms with E-state index in [0.717, 1.165) is 5.69 Å². The van der Waals surface area contributed by atoms with Crippen molar-refractivity contribution in [2.45, 2.75) is 6.42 Å². The van der Waals surface area contributed by atoms with Crippen LogP contribution in [0.4, 0.5) is 5.69 Å². The molecule has 4 aliphatic carbocycles. The van der Waals surface area contributed by atoms with Gasteiger partial charge >= 0.3 is 0 Å². The summed E-state index contributed by atoms with van der Waals surface area (Å²) >= 11 is 5.97. The lowest BCUT2D eigenvalue weighted by Gasteiger charge is -2.37. The molecule has 1 N–H and O–H groups in total. The van der Waals surface area contributed by atoms with Crippen molar-refractivity contribution in [2.75, 3.05) is 12.0 Å². The third kappa shape index (κ3) is 1.84. The van der Waals surface area contributed by atoms with Gasteiger partial charge in [-0.15, -0.1) is 0 Å². The molecule has 2 saturated carbocycles.